The van der Waals surface area contributed by atoms with Crippen LogP contribution in [0.4, 0.5) is 10.5 Å². The number of urea groups is 1. The van der Waals surface area contributed by atoms with Crippen LogP contribution in [0.5, 0.6) is 0 Å². The van der Waals surface area contributed by atoms with E-state index in [1.54, 1.807) is 0 Å². The monoisotopic (exact) mass is 338 g/mol. The zero-order chi connectivity index (χ0) is 14.8. The second-order valence-electron chi connectivity index (χ2n) is 6.72. The summed E-state index contributed by atoms with van der Waals surface area (Å²) in [5.74, 6) is 0.664. The quantitative estimate of drug-likeness (QED) is 0.799. The molecular formula is C16H23BrN2O. The van der Waals surface area contributed by atoms with Crippen molar-refractivity contribution in [3.8, 4) is 0 Å². The maximum absolute atomic E-state index is 12.0. The van der Waals surface area contributed by atoms with Crippen LogP contribution in [0.25, 0.3) is 0 Å². The highest BCUT2D eigenvalue weighted by molar-refractivity contribution is 9.10. The lowest BCUT2D eigenvalue weighted by molar-refractivity contribution is 0.154. The van der Waals surface area contributed by atoms with Gasteiger partial charge in [-0.1, -0.05) is 36.7 Å². The molecule has 4 heteroatoms. The van der Waals surface area contributed by atoms with Crippen LogP contribution in [0.2, 0.25) is 0 Å². The van der Waals surface area contributed by atoms with E-state index in [0.29, 0.717) is 11.3 Å². The van der Waals surface area contributed by atoms with Crippen molar-refractivity contribution in [2.75, 3.05) is 5.32 Å². The number of hydrogen-bond donors (Lipinski definition) is 2. The van der Waals surface area contributed by atoms with Crippen LogP contribution in [-0.2, 0) is 0 Å². The van der Waals surface area contributed by atoms with E-state index in [0.717, 1.165) is 23.0 Å². The molecule has 2 N–H and O–H groups in total. The summed E-state index contributed by atoms with van der Waals surface area (Å²) in [6, 6.07) is 7.77. The summed E-state index contributed by atoms with van der Waals surface area (Å²) in [7, 11) is 0. The van der Waals surface area contributed by atoms with E-state index < -0.39 is 0 Å². The molecule has 2 atom stereocenters. The Balaban J connectivity index is 1.89. The minimum absolute atomic E-state index is 0.109. The van der Waals surface area contributed by atoms with Crippen molar-refractivity contribution < 1.29 is 4.79 Å². The van der Waals surface area contributed by atoms with Gasteiger partial charge >= 0.3 is 6.03 Å². The Labute approximate surface area is 129 Å². The topological polar surface area (TPSA) is 41.1 Å². The van der Waals surface area contributed by atoms with Gasteiger partial charge in [-0.2, -0.15) is 0 Å². The van der Waals surface area contributed by atoms with Gasteiger partial charge in [0.1, 0.15) is 0 Å². The number of anilines is 1. The van der Waals surface area contributed by atoms with Crippen molar-refractivity contribution in [1.29, 1.82) is 0 Å². The number of hydrogen-bond acceptors (Lipinski definition) is 1. The molecule has 0 aliphatic heterocycles. The van der Waals surface area contributed by atoms with E-state index in [-0.39, 0.29) is 12.1 Å². The number of halogens is 1. The van der Waals surface area contributed by atoms with Crippen LogP contribution >= 0.6 is 15.9 Å². The number of nitrogens with one attached hydrogen (secondary N) is 2. The van der Waals surface area contributed by atoms with E-state index in [1.165, 1.54) is 6.42 Å². The molecule has 0 heterocycles. The molecule has 1 aromatic carbocycles. The fourth-order valence-corrected chi connectivity index (χ4v) is 3.61. The molecule has 1 fully saturated rings. The van der Waals surface area contributed by atoms with Crippen molar-refractivity contribution >= 4 is 27.6 Å². The first kappa shape index (κ1) is 15.4. The van der Waals surface area contributed by atoms with E-state index >= 15 is 0 Å². The van der Waals surface area contributed by atoms with Gasteiger partial charge in [0.15, 0.2) is 0 Å². The van der Waals surface area contributed by atoms with Crippen molar-refractivity contribution in [3.05, 3.63) is 28.7 Å². The number of benzene rings is 1. The summed E-state index contributed by atoms with van der Waals surface area (Å²) >= 11 is 3.38. The predicted molar refractivity (Wildman–Crippen MR) is 86.9 cm³/mol. The van der Waals surface area contributed by atoms with Crippen molar-refractivity contribution in [1.82, 2.24) is 5.32 Å². The van der Waals surface area contributed by atoms with Crippen molar-refractivity contribution in [2.24, 2.45) is 11.3 Å². The second kappa shape index (κ2) is 6.17. The van der Waals surface area contributed by atoms with E-state index in [4.69, 9.17) is 0 Å². The highest BCUT2D eigenvalue weighted by Crippen LogP contribution is 2.38. The first-order valence-electron chi connectivity index (χ1n) is 7.17. The van der Waals surface area contributed by atoms with Gasteiger partial charge in [0.25, 0.3) is 0 Å². The normalized spacial score (nSPS) is 25.0. The molecule has 1 aliphatic rings. The first-order chi connectivity index (χ1) is 9.34. The lowest BCUT2D eigenvalue weighted by atomic mass is 9.71. The molecule has 0 saturated heterocycles. The van der Waals surface area contributed by atoms with Crippen LogP contribution in [0.1, 0.15) is 40.0 Å². The molecule has 0 spiro atoms. The van der Waals surface area contributed by atoms with E-state index in [9.17, 15) is 4.79 Å². The molecule has 3 nitrogen and oxygen atoms in total. The molecule has 1 saturated carbocycles. The van der Waals surface area contributed by atoms with Gasteiger partial charge in [-0.25, -0.2) is 4.79 Å². The lowest BCUT2D eigenvalue weighted by Gasteiger charge is -2.39. The van der Waals surface area contributed by atoms with Gasteiger partial charge in [0.2, 0.25) is 0 Å². The third-order valence-electron chi connectivity index (χ3n) is 3.82. The summed E-state index contributed by atoms with van der Waals surface area (Å²) in [5, 5.41) is 5.99. The summed E-state index contributed by atoms with van der Waals surface area (Å²) in [4.78, 5) is 12.0. The third-order valence-corrected chi connectivity index (χ3v) is 4.35. The lowest BCUT2D eigenvalue weighted by Crippen LogP contribution is -2.44. The zero-order valence-corrected chi connectivity index (χ0v) is 14.0. The van der Waals surface area contributed by atoms with Crippen LogP contribution < -0.4 is 10.6 Å². The number of carbonyl (C=O) groups excluding carboxylic acids is 1. The van der Waals surface area contributed by atoms with Crippen LogP contribution in [0.15, 0.2) is 28.7 Å². The fraction of sp³-hybridized carbons (Fsp3) is 0.562. The summed E-state index contributed by atoms with van der Waals surface area (Å²) in [6.07, 6.45) is 3.35. The average molecular weight is 339 g/mol. The number of amides is 2. The molecule has 110 valence electrons. The van der Waals surface area contributed by atoms with E-state index in [1.807, 2.05) is 24.3 Å². The maximum atomic E-state index is 12.0. The minimum Gasteiger partial charge on any atom is -0.335 e. The molecular weight excluding hydrogens is 316 g/mol. The highest BCUT2D eigenvalue weighted by Gasteiger charge is 2.32. The molecule has 20 heavy (non-hydrogen) atoms. The summed E-state index contributed by atoms with van der Waals surface area (Å²) in [5.41, 5.74) is 1.13. The van der Waals surface area contributed by atoms with Crippen LogP contribution in [0, 0.1) is 11.3 Å². The fourth-order valence-electron chi connectivity index (χ4n) is 3.34. The molecule has 0 radical (unpaired) electrons. The Morgan fingerprint density at radius 1 is 1.25 bits per heavy atom. The van der Waals surface area contributed by atoms with Gasteiger partial charge < -0.3 is 10.6 Å². The Morgan fingerprint density at radius 2 is 1.90 bits per heavy atom. The first-order valence-corrected chi connectivity index (χ1v) is 7.96. The Kier molecular flexibility index (Phi) is 4.74. The molecule has 1 aliphatic carbocycles. The van der Waals surface area contributed by atoms with E-state index in [2.05, 4.69) is 47.3 Å². The highest BCUT2D eigenvalue weighted by atomic mass is 79.9. The summed E-state index contributed by atoms with van der Waals surface area (Å²) < 4.78 is 1.01. The number of carbonyl (C=O) groups is 1. The number of rotatable bonds is 2. The Hall–Kier alpha value is -1.03. The summed E-state index contributed by atoms with van der Waals surface area (Å²) in [6.45, 7) is 6.83. The third kappa shape index (κ3) is 4.51. The molecule has 2 amide bonds. The van der Waals surface area contributed by atoms with Gasteiger partial charge in [-0.15, -0.1) is 0 Å². The molecule has 0 aromatic heterocycles. The SMILES string of the molecule is C[C@@H]1C[C@H](NC(=O)Nc2ccc(Br)cc2)CC(C)(C)C1. The largest absolute Gasteiger partial charge is 0.335 e. The maximum Gasteiger partial charge on any atom is 0.319 e. The van der Waals surface area contributed by atoms with Crippen LogP contribution in [0.3, 0.4) is 0 Å². The van der Waals surface area contributed by atoms with Gasteiger partial charge in [0.05, 0.1) is 0 Å². The Morgan fingerprint density at radius 3 is 2.50 bits per heavy atom. The molecule has 1 aromatic rings. The second-order valence-corrected chi connectivity index (χ2v) is 7.63. The molecule has 0 unspecified atom stereocenters. The van der Waals surface area contributed by atoms with Gasteiger partial charge in [-0.05, 0) is 54.9 Å². The molecule has 2 rings (SSSR count). The zero-order valence-electron chi connectivity index (χ0n) is 12.4. The van der Waals surface area contributed by atoms with Gasteiger partial charge in [0, 0.05) is 16.2 Å². The minimum atomic E-state index is -0.109. The predicted octanol–water partition coefficient (Wildman–Crippen LogP) is 4.79. The average Bonchev–Trinajstić information content (AvgIpc) is 2.29. The standard InChI is InChI=1S/C16H23BrN2O/c1-11-8-14(10-16(2,3)9-11)19-15(20)18-13-6-4-12(17)5-7-13/h4-7,11,14H,8-10H2,1-3H3,(H2,18,19,20)/t11-,14+/m1/s1. The van der Waals surface area contributed by atoms with Crippen molar-refractivity contribution in [2.45, 2.75) is 46.1 Å². The molecule has 0 bridgehead atoms. The Bertz CT molecular complexity index is 470. The van der Waals surface area contributed by atoms with Crippen molar-refractivity contribution in [3.63, 3.8) is 0 Å². The smallest absolute Gasteiger partial charge is 0.319 e. The van der Waals surface area contributed by atoms with Gasteiger partial charge in [-0.3, -0.25) is 0 Å². The van der Waals surface area contributed by atoms with Crippen LogP contribution in [-0.4, -0.2) is 12.1 Å².